The van der Waals surface area contributed by atoms with Gasteiger partial charge in [-0.1, -0.05) is 34.6 Å². The van der Waals surface area contributed by atoms with Crippen LogP contribution in [0.15, 0.2) is 0 Å². The van der Waals surface area contributed by atoms with Crippen molar-refractivity contribution in [1.82, 2.24) is 0 Å². The second kappa shape index (κ2) is 6.36. The van der Waals surface area contributed by atoms with Crippen LogP contribution in [0.5, 0.6) is 0 Å². The molecule has 118 valence electrons. The Labute approximate surface area is 125 Å². The maximum absolute atomic E-state index is 10.3. The van der Waals surface area contributed by atoms with Crippen molar-refractivity contribution in [3.05, 3.63) is 0 Å². The third kappa shape index (κ3) is 3.98. The first-order valence-corrected chi connectivity index (χ1v) is 8.61. The van der Waals surface area contributed by atoms with E-state index in [1.807, 2.05) is 0 Å². The summed E-state index contributed by atoms with van der Waals surface area (Å²) in [5.74, 6) is 2.26. The van der Waals surface area contributed by atoms with Gasteiger partial charge in [0, 0.05) is 0 Å². The van der Waals surface area contributed by atoms with Gasteiger partial charge in [-0.3, -0.25) is 0 Å². The molecule has 2 saturated carbocycles. The van der Waals surface area contributed by atoms with E-state index in [1.54, 1.807) is 0 Å². The summed E-state index contributed by atoms with van der Waals surface area (Å²) in [7, 11) is 0. The van der Waals surface area contributed by atoms with Crippen molar-refractivity contribution in [1.29, 1.82) is 0 Å². The molecule has 2 nitrogen and oxygen atoms in total. The van der Waals surface area contributed by atoms with E-state index in [-0.39, 0.29) is 12.2 Å². The van der Waals surface area contributed by atoms with Gasteiger partial charge >= 0.3 is 0 Å². The molecule has 0 heterocycles. The van der Waals surface area contributed by atoms with Crippen LogP contribution in [0.4, 0.5) is 0 Å². The summed E-state index contributed by atoms with van der Waals surface area (Å²) < 4.78 is 6.34. The summed E-state index contributed by atoms with van der Waals surface area (Å²) in [6.45, 7) is 11.6. The summed E-state index contributed by atoms with van der Waals surface area (Å²) in [6, 6.07) is 0. The molecule has 1 N–H and O–H groups in total. The molecule has 2 aliphatic carbocycles. The second-order valence-corrected chi connectivity index (χ2v) is 8.51. The summed E-state index contributed by atoms with van der Waals surface area (Å²) in [5.41, 5.74) is 0.329. The highest BCUT2D eigenvalue weighted by atomic mass is 16.5. The van der Waals surface area contributed by atoms with Crippen molar-refractivity contribution in [2.75, 3.05) is 0 Å². The van der Waals surface area contributed by atoms with E-state index in [0.29, 0.717) is 17.4 Å². The molecule has 0 radical (unpaired) electrons. The standard InChI is InChI=1S/C18H34O2/c1-12-6-8-15(10-13(12)2)20-17-11-14(18(3,4)5)7-9-16(17)19/h12-17,19H,6-11H2,1-5H3. The molecule has 6 unspecified atom stereocenters. The maximum Gasteiger partial charge on any atom is 0.0840 e. The van der Waals surface area contributed by atoms with E-state index in [1.165, 1.54) is 19.3 Å². The molecular weight excluding hydrogens is 248 g/mol. The van der Waals surface area contributed by atoms with Gasteiger partial charge in [0.1, 0.15) is 0 Å². The van der Waals surface area contributed by atoms with Crippen molar-refractivity contribution < 1.29 is 9.84 Å². The van der Waals surface area contributed by atoms with Gasteiger partial charge in [0.05, 0.1) is 18.3 Å². The van der Waals surface area contributed by atoms with Crippen LogP contribution >= 0.6 is 0 Å². The Morgan fingerprint density at radius 2 is 1.60 bits per heavy atom. The van der Waals surface area contributed by atoms with Crippen molar-refractivity contribution in [2.45, 2.75) is 91.5 Å². The highest BCUT2D eigenvalue weighted by Gasteiger charge is 2.37. The molecule has 0 aromatic rings. The fourth-order valence-corrected chi connectivity index (χ4v) is 3.91. The number of rotatable bonds is 2. The Morgan fingerprint density at radius 3 is 2.20 bits per heavy atom. The van der Waals surface area contributed by atoms with Crippen LogP contribution in [0.3, 0.4) is 0 Å². The zero-order chi connectivity index (χ0) is 14.9. The van der Waals surface area contributed by atoms with Gasteiger partial charge in [-0.2, -0.15) is 0 Å². The fourth-order valence-electron chi connectivity index (χ4n) is 3.91. The van der Waals surface area contributed by atoms with E-state index < -0.39 is 0 Å². The Balaban J connectivity index is 1.90. The maximum atomic E-state index is 10.3. The van der Waals surface area contributed by atoms with Gasteiger partial charge in [-0.05, 0) is 61.7 Å². The molecule has 20 heavy (non-hydrogen) atoms. The quantitative estimate of drug-likeness (QED) is 0.813. The predicted octanol–water partition coefficient (Wildman–Crippen LogP) is 4.40. The minimum Gasteiger partial charge on any atom is -0.390 e. The number of ether oxygens (including phenoxy) is 1. The number of aliphatic hydroxyl groups is 1. The van der Waals surface area contributed by atoms with E-state index >= 15 is 0 Å². The zero-order valence-electron chi connectivity index (χ0n) is 14.1. The molecular formula is C18H34O2. The molecule has 0 aromatic carbocycles. The molecule has 0 aliphatic heterocycles. The Morgan fingerprint density at radius 1 is 0.900 bits per heavy atom. The lowest BCUT2D eigenvalue weighted by atomic mass is 9.70. The summed E-state index contributed by atoms with van der Waals surface area (Å²) in [6.07, 6.45) is 6.90. The predicted molar refractivity (Wildman–Crippen MR) is 83.6 cm³/mol. The van der Waals surface area contributed by atoms with Crippen LogP contribution in [0, 0.1) is 23.2 Å². The largest absolute Gasteiger partial charge is 0.390 e. The Bertz CT molecular complexity index is 307. The van der Waals surface area contributed by atoms with Crippen LogP contribution in [0.25, 0.3) is 0 Å². The molecule has 0 spiro atoms. The van der Waals surface area contributed by atoms with Gasteiger partial charge in [0.2, 0.25) is 0 Å². The smallest absolute Gasteiger partial charge is 0.0840 e. The number of hydrogen-bond acceptors (Lipinski definition) is 2. The number of hydrogen-bond donors (Lipinski definition) is 1. The normalized spacial score (nSPS) is 43.5. The molecule has 0 amide bonds. The lowest BCUT2D eigenvalue weighted by Gasteiger charge is -2.42. The Kier molecular flexibility index (Phi) is 5.18. The first kappa shape index (κ1) is 16.3. The van der Waals surface area contributed by atoms with Gasteiger partial charge in [0.25, 0.3) is 0 Å². The fraction of sp³-hybridized carbons (Fsp3) is 1.00. The third-order valence-electron chi connectivity index (χ3n) is 5.90. The molecule has 2 aliphatic rings. The van der Waals surface area contributed by atoms with Gasteiger partial charge in [-0.25, -0.2) is 0 Å². The Hall–Kier alpha value is -0.0800. The van der Waals surface area contributed by atoms with E-state index in [0.717, 1.165) is 31.1 Å². The van der Waals surface area contributed by atoms with Crippen LogP contribution in [-0.4, -0.2) is 23.4 Å². The average molecular weight is 282 g/mol. The van der Waals surface area contributed by atoms with Crippen molar-refractivity contribution in [3.63, 3.8) is 0 Å². The first-order chi connectivity index (χ1) is 9.27. The molecule has 2 fully saturated rings. The van der Waals surface area contributed by atoms with Crippen molar-refractivity contribution in [2.24, 2.45) is 23.2 Å². The average Bonchev–Trinajstić information content (AvgIpc) is 2.35. The number of aliphatic hydroxyl groups excluding tert-OH is 1. The van der Waals surface area contributed by atoms with Gasteiger partial charge < -0.3 is 9.84 Å². The second-order valence-electron chi connectivity index (χ2n) is 8.51. The summed E-state index contributed by atoms with van der Waals surface area (Å²) in [4.78, 5) is 0. The lowest BCUT2D eigenvalue weighted by Crippen LogP contribution is -2.42. The van der Waals surface area contributed by atoms with E-state index in [9.17, 15) is 5.11 Å². The summed E-state index contributed by atoms with van der Waals surface area (Å²) in [5, 5.41) is 10.3. The molecule has 6 atom stereocenters. The van der Waals surface area contributed by atoms with Crippen LogP contribution in [-0.2, 0) is 4.74 Å². The third-order valence-corrected chi connectivity index (χ3v) is 5.90. The zero-order valence-corrected chi connectivity index (χ0v) is 14.1. The molecule has 2 rings (SSSR count). The SMILES string of the molecule is CC1CCC(OC2CC(C(C)(C)C)CCC2O)CC1C. The topological polar surface area (TPSA) is 29.5 Å². The molecule has 0 saturated heterocycles. The van der Waals surface area contributed by atoms with Crippen LogP contribution in [0.2, 0.25) is 0 Å². The van der Waals surface area contributed by atoms with Crippen LogP contribution in [0.1, 0.15) is 73.1 Å². The van der Waals surface area contributed by atoms with Crippen molar-refractivity contribution >= 4 is 0 Å². The highest BCUT2D eigenvalue weighted by molar-refractivity contribution is 4.87. The van der Waals surface area contributed by atoms with Crippen molar-refractivity contribution in [3.8, 4) is 0 Å². The highest BCUT2D eigenvalue weighted by Crippen LogP contribution is 2.40. The molecule has 2 heteroatoms. The van der Waals surface area contributed by atoms with Gasteiger partial charge in [0.15, 0.2) is 0 Å². The molecule has 0 aromatic heterocycles. The van der Waals surface area contributed by atoms with Crippen LogP contribution < -0.4 is 0 Å². The lowest BCUT2D eigenvalue weighted by molar-refractivity contribution is -0.127. The minimum absolute atomic E-state index is 0.0681. The minimum atomic E-state index is -0.247. The monoisotopic (exact) mass is 282 g/mol. The summed E-state index contributed by atoms with van der Waals surface area (Å²) >= 11 is 0. The molecule has 0 bridgehead atoms. The van der Waals surface area contributed by atoms with E-state index in [2.05, 4.69) is 34.6 Å². The first-order valence-electron chi connectivity index (χ1n) is 8.61. The van der Waals surface area contributed by atoms with E-state index in [4.69, 9.17) is 4.74 Å². The van der Waals surface area contributed by atoms with Gasteiger partial charge in [-0.15, -0.1) is 0 Å².